The molecule has 7 heteroatoms. The molecule has 1 N–H and O–H groups in total. The van der Waals surface area contributed by atoms with Gasteiger partial charge in [-0.2, -0.15) is 0 Å². The van der Waals surface area contributed by atoms with Gasteiger partial charge in [0.15, 0.2) is 0 Å². The van der Waals surface area contributed by atoms with Crippen LogP contribution in [0.15, 0.2) is 42.5 Å². The van der Waals surface area contributed by atoms with Gasteiger partial charge in [0, 0.05) is 48.5 Å². The monoisotopic (exact) mass is 403 g/mol. The van der Waals surface area contributed by atoms with E-state index >= 15 is 0 Å². The average molecular weight is 404 g/mol. The molecule has 28 heavy (non-hydrogen) atoms. The maximum Gasteiger partial charge on any atom is 0.253 e. The summed E-state index contributed by atoms with van der Waals surface area (Å²) in [6.45, 7) is 0.438. The SMILES string of the molecule is CN(C)C(=O)c1ccc(NC(=O)CN(Cc2c(F)cccc2Cl)C2CC2)cc1. The number of carbonyl (C=O) groups is 2. The van der Waals surface area contributed by atoms with Crippen molar-refractivity contribution in [2.75, 3.05) is 26.0 Å². The summed E-state index contributed by atoms with van der Waals surface area (Å²) < 4.78 is 14.1. The van der Waals surface area contributed by atoms with Gasteiger partial charge in [-0.3, -0.25) is 14.5 Å². The van der Waals surface area contributed by atoms with Crippen LogP contribution in [0.4, 0.5) is 10.1 Å². The number of hydrogen-bond donors (Lipinski definition) is 1. The second-order valence-electron chi connectivity index (χ2n) is 7.16. The van der Waals surface area contributed by atoms with Crippen LogP contribution in [0.2, 0.25) is 5.02 Å². The fourth-order valence-corrected chi connectivity index (χ4v) is 3.20. The van der Waals surface area contributed by atoms with E-state index in [2.05, 4.69) is 5.32 Å². The van der Waals surface area contributed by atoms with E-state index in [1.54, 1.807) is 50.5 Å². The number of nitrogens with one attached hydrogen (secondary N) is 1. The molecule has 2 amide bonds. The molecule has 148 valence electrons. The lowest BCUT2D eigenvalue weighted by Crippen LogP contribution is -2.34. The van der Waals surface area contributed by atoms with Gasteiger partial charge in [0.05, 0.1) is 6.54 Å². The molecule has 1 saturated carbocycles. The molecule has 0 saturated heterocycles. The standard InChI is InChI=1S/C21H23ClFN3O2/c1-25(2)21(28)14-6-8-15(9-7-14)24-20(27)13-26(16-10-11-16)12-17-18(22)4-3-5-19(17)23/h3-9,16H,10-13H2,1-2H3,(H,24,27). The summed E-state index contributed by atoms with van der Waals surface area (Å²) in [4.78, 5) is 27.9. The third kappa shape index (κ3) is 5.09. The molecule has 0 radical (unpaired) electrons. The van der Waals surface area contributed by atoms with Gasteiger partial charge in [-0.25, -0.2) is 4.39 Å². The molecular weight excluding hydrogens is 381 g/mol. The lowest BCUT2D eigenvalue weighted by molar-refractivity contribution is -0.117. The summed E-state index contributed by atoms with van der Waals surface area (Å²) in [5.74, 6) is -0.648. The van der Waals surface area contributed by atoms with Gasteiger partial charge in [0.2, 0.25) is 5.91 Å². The predicted octanol–water partition coefficient (Wildman–Crippen LogP) is 3.78. The highest BCUT2D eigenvalue weighted by molar-refractivity contribution is 6.31. The second-order valence-corrected chi connectivity index (χ2v) is 7.57. The molecule has 0 aliphatic heterocycles. The van der Waals surface area contributed by atoms with Crippen molar-refractivity contribution in [3.05, 3.63) is 64.4 Å². The van der Waals surface area contributed by atoms with Crippen molar-refractivity contribution in [3.63, 3.8) is 0 Å². The number of nitrogens with zero attached hydrogens (tertiary/aromatic N) is 2. The van der Waals surface area contributed by atoms with Crippen LogP contribution >= 0.6 is 11.6 Å². The quantitative estimate of drug-likeness (QED) is 0.765. The minimum Gasteiger partial charge on any atom is -0.345 e. The Morgan fingerprint density at radius 3 is 2.39 bits per heavy atom. The first-order chi connectivity index (χ1) is 13.3. The van der Waals surface area contributed by atoms with Crippen LogP contribution < -0.4 is 5.32 Å². The molecule has 3 rings (SSSR count). The smallest absolute Gasteiger partial charge is 0.253 e. The van der Waals surface area contributed by atoms with E-state index in [0.717, 1.165) is 12.8 Å². The number of rotatable bonds is 7. The second kappa shape index (κ2) is 8.71. The van der Waals surface area contributed by atoms with Crippen LogP contribution in [0.25, 0.3) is 0 Å². The van der Waals surface area contributed by atoms with Crippen molar-refractivity contribution < 1.29 is 14.0 Å². The Morgan fingerprint density at radius 1 is 1.14 bits per heavy atom. The van der Waals surface area contributed by atoms with E-state index in [4.69, 9.17) is 11.6 Å². The van der Waals surface area contributed by atoms with Crippen LogP contribution in [-0.4, -0.2) is 48.3 Å². The lowest BCUT2D eigenvalue weighted by atomic mass is 10.2. The van der Waals surface area contributed by atoms with Crippen LogP contribution in [-0.2, 0) is 11.3 Å². The number of amides is 2. The highest BCUT2D eigenvalue weighted by Crippen LogP contribution is 2.30. The van der Waals surface area contributed by atoms with Gasteiger partial charge >= 0.3 is 0 Å². The molecule has 1 aliphatic carbocycles. The summed E-state index contributed by atoms with van der Waals surface area (Å²) in [6, 6.07) is 11.6. The number of halogens is 2. The Morgan fingerprint density at radius 2 is 1.82 bits per heavy atom. The van der Waals surface area contributed by atoms with Crippen molar-refractivity contribution in [2.24, 2.45) is 0 Å². The van der Waals surface area contributed by atoms with Gasteiger partial charge in [-0.05, 0) is 49.2 Å². The maximum atomic E-state index is 14.1. The molecular formula is C21H23ClFN3O2. The van der Waals surface area contributed by atoms with Gasteiger partial charge < -0.3 is 10.2 Å². The van der Waals surface area contributed by atoms with E-state index in [-0.39, 0.29) is 30.2 Å². The number of carbonyl (C=O) groups excluding carboxylic acids is 2. The third-order valence-electron chi connectivity index (χ3n) is 4.65. The Labute approximate surface area is 169 Å². The number of anilines is 1. The largest absolute Gasteiger partial charge is 0.345 e. The lowest BCUT2D eigenvalue weighted by Gasteiger charge is -2.22. The highest BCUT2D eigenvalue weighted by Gasteiger charge is 2.31. The third-order valence-corrected chi connectivity index (χ3v) is 5.01. The molecule has 2 aromatic rings. The van der Waals surface area contributed by atoms with E-state index in [0.29, 0.717) is 28.4 Å². The van der Waals surface area contributed by atoms with Crippen molar-refractivity contribution in [3.8, 4) is 0 Å². The summed E-state index contributed by atoms with van der Waals surface area (Å²) in [7, 11) is 3.37. The summed E-state index contributed by atoms with van der Waals surface area (Å²) >= 11 is 6.13. The number of hydrogen-bond acceptors (Lipinski definition) is 3. The van der Waals surface area contributed by atoms with Crippen molar-refractivity contribution in [1.82, 2.24) is 9.80 Å². The first-order valence-corrected chi connectivity index (χ1v) is 9.51. The van der Waals surface area contributed by atoms with Gasteiger partial charge in [0.25, 0.3) is 5.91 Å². The van der Waals surface area contributed by atoms with Gasteiger partial charge in [0.1, 0.15) is 5.82 Å². The van der Waals surface area contributed by atoms with Gasteiger partial charge in [-0.15, -0.1) is 0 Å². The van der Waals surface area contributed by atoms with Crippen LogP contribution in [0.5, 0.6) is 0 Å². The minimum atomic E-state index is -0.361. The van der Waals surface area contributed by atoms with E-state index < -0.39 is 0 Å². The Balaban J connectivity index is 1.63. The fourth-order valence-electron chi connectivity index (χ4n) is 2.98. The summed E-state index contributed by atoms with van der Waals surface area (Å²) in [5, 5.41) is 3.20. The van der Waals surface area contributed by atoms with Crippen molar-refractivity contribution in [2.45, 2.75) is 25.4 Å². The van der Waals surface area contributed by atoms with Gasteiger partial charge in [-0.1, -0.05) is 17.7 Å². The number of benzene rings is 2. The molecule has 0 bridgehead atoms. The molecule has 0 atom stereocenters. The van der Waals surface area contributed by atoms with E-state index in [1.807, 2.05) is 4.90 Å². The first-order valence-electron chi connectivity index (χ1n) is 9.13. The van der Waals surface area contributed by atoms with Crippen molar-refractivity contribution in [1.29, 1.82) is 0 Å². The Kier molecular flexibility index (Phi) is 6.31. The molecule has 1 fully saturated rings. The van der Waals surface area contributed by atoms with Crippen LogP contribution in [0.1, 0.15) is 28.8 Å². The Bertz CT molecular complexity index is 846. The molecule has 5 nitrogen and oxygen atoms in total. The molecule has 0 unspecified atom stereocenters. The summed E-state index contributed by atoms with van der Waals surface area (Å²) in [5.41, 5.74) is 1.58. The molecule has 1 aliphatic rings. The zero-order valence-corrected chi connectivity index (χ0v) is 16.7. The normalized spacial score (nSPS) is 13.5. The fraction of sp³-hybridized carbons (Fsp3) is 0.333. The Hall–Kier alpha value is -2.44. The van der Waals surface area contributed by atoms with Crippen LogP contribution in [0.3, 0.4) is 0 Å². The topological polar surface area (TPSA) is 52.7 Å². The highest BCUT2D eigenvalue weighted by atomic mass is 35.5. The van der Waals surface area contributed by atoms with Crippen LogP contribution in [0, 0.1) is 5.82 Å². The summed E-state index contributed by atoms with van der Waals surface area (Å²) in [6.07, 6.45) is 1.97. The van der Waals surface area contributed by atoms with E-state index in [1.165, 1.54) is 11.0 Å². The zero-order valence-electron chi connectivity index (χ0n) is 15.9. The first kappa shape index (κ1) is 20.3. The maximum absolute atomic E-state index is 14.1. The molecule has 2 aromatic carbocycles. The minimum absolute atomic E-state index is 0.0976. The zero-order chi connectivity index (χ0) is 20.3. The van der Waals surface area contributed by atoms with E-state index in [9.17, 15) is 14.0 Å². The molecule has 0 aromatic heterocycles. The predicted molar refractivity (Wildman–Crippen MR) is 108 cm³/mol. The molecule has 0 heterocycles. The van der Waals surface area contributed by atoms with Crippen molar-refractivity contribution >= 4 is 29.1 Å². The molecule has 0 spiro atoms. The average Bonchev–Trinajstić information content (AvgIpc) is 3.49.